The van der Waals surface area contributed by atoms with E-state index in [-0.39, 0.29) is 0 Å². The number of nitrogens with two attached hydrogens (primary N) is 1. The van der Waals surface area contributed by atoms with Crippen molar-refractivity contribution in [1.82, 2.24) is 5.32 Å². The van der Waals surface area contributed by atoms with Crippen molar-refractivity contribution in [2.45, 2.75) is 44.2 Å². The van der Waals surface area contributed by atoms with E-state index >= 15 is 0 Å². The number of hydrogen-bond acceptors (Lipinski definition) is 3. The van der Waals surface area contributed by atoms with Gasteiger partial charge in [0, 0.05) is 23.3 Å². The van der Waals surface area contributed by atoms with Gasteiger partial charge < -0.3 is 11.1 Å². The molecule has 1 aromatic heterocycles. The number of rotatable bonds is 4. The minimum absolute atomic E-state index is 0.305. The van der Waals surface area contributed by atoms with Gasteiger partial charge in [0.25, 0.3) is 0 Å². The fourth-order valence-corrected chi connectivity index (χ4v) is 4.12. The predicted octanol–water partition coefficient (Wildman–Crippen LogP) is 3.82. The van der Waals surface area contributed by atoms with Gasteiger partial charge in [-0.2, -0.15) is 0 Å². The van der Waals surface area contributed by atoms with E-state index in [1.54, 1.807) is 0 Å². The lowest BCUT2D eigenvalue weighted by atomic mass is 9.94. The second kappa shape index (κ2) is 6.04. The zero-order valence-corrected chi connectivity index (χ0v) is 12.1. The van der Waals surface area contributed by atoms with Crippen LogP contribution in [0.5, 0.6) is 0 Å². The molecule has 19 heavy (non-hydrogen) atoms. The third-order valence-corrected chi connectivity index (χ3v) is 5.15. The smallest absolute Gasteiger partial charge is 0.0461 e. The van der Waals surface area contributed by atoms with E-state index in [4.69, 9.17) is 5.73 Å². The molecule has 1 atom stereocenters. The van der Waals surface area contributed by atoms with E-state index in [9.17, 15) is 0 Å². The monoisotopic (exact) mass is 274 g/mol. The topological polar surface area (TPSA) is 38.0 Å². The molecular weight excluding hydrogens is 252 g/mol. The van der Waals surface area contributed by atoms with Crippen molar-refractivity contribution in [3.8, 4) is 0 Å². The molecule has 3 rings (SSSR count). The molecular formula is C16H22N2S. The van der Waals surface area contributed by atoms with Crippen LogP contribution in [-0.4, -0.2) is 12.6 Å². The molecule has 0 amide bonds. The molecule has 2 aromatic rings. The van der Waals surface area contributed by atoms with Crippen molar-refractivity contribution in [2.75, 3.05) is 6.54 Å². The maximum atomic E-state index is 6.01. The SMILES string of the molecule is NCC(NC1CCCCC1)c1csc2ccccc12. The van der Waals surface area contributed by atoms with Gasteiger partial charge in [-0.1, -0.05) is 37.5 Å². The Hall–Kier alpha value is -0.900. The summed E-state index contributed by atoms with van der Waals surface area (Å²) >= 11 is 1.82. The summed E-state index contributed by atoms with van der Waals surface area (Å²) in [6, 6.07) is 9.59. The van der Waals surface area contributed by atoms with Gasteiger partial charge in [-0.05, 0) is 35.2 Å². The van der Waals surface area contributed by atoms with Crippen molar-refractivity contribution in [2.24, 2.45) is 5.73 Å². The summed E-state index contributed by atoms with van der Waals surface area (Å²) in [6.45, 7) is 0.678. The first-order chi connectivity index (χ1) is 9.38. The third kappa shape index (κ3) is 2.83. The van der Waals surface area contributed by atoms with Crippen molar-refractivity contribution in [3.05, 3.63) is 35.2 Å². The summed E-state index contributed by atoms with van der Waals surface area (Å²) in [4.78, 5) is 0. The van der Waals surface area contributed by atoms with Crippen molar-refractivity contribution in [3.63, 3.8) is 0 Å². The Bertz CT molecular complexity index is 528. The normalized spacial score (nSPS) is 18.8. The Morgan fingerprint density at radius 1 is 1.21 bits per heavy atom. The first-order valence-electron chi connectivity index (χ1n) is 7.30. The van der Waals surface area contributed by atoms with Crippen molar-refractivity contribution >= 4 is 21.4 Å². The molecule has 1 aliphatic rings. The predicted molar refractivity (Wildman–Crippen MR) is 83.6 cm³/mol. The standard InChI is InChI=1S/C16H22N2S/c17-10-15(18-12-6-2-1-3-7-12)14-11-19-16-9-5-4-8-13(14)16/h4-5,8-9,11-12,15,18H,1-3,6-7,10,17H2. The Balaban J connectivity index is 1.81. The fraction of sp³-hybridized carbons (Fsp3) is 0.500. The van der Waals surface area contributed by atoms with Gasteiger partial charge in [-0.25, -0.2) is 0 Å². The number of fused-ring (bicyclic) bond motifs is 1. The second-order valence-corrected chi connectivity index (χ2v) is 6.39. The maximum absolute atomic E-state index is 6.01. The highest BCUT2D eigenvalue weighted by atomic mass is 32.1. The maximum Gasteiger partial charge on any atom is 0.0461 e. The Morgan fingerprint density at radius 3 is 2.79 bits per heavy atom. The van der Waals surface area contributed by atoms with Crippen LogP contribution in [0.15, 0.2) is 29.6 Å². The molecule has 0 radical (unpaired) electrons. The molecule has 3 N–H and O–H groups in total. The average Bonchev–Trinajstić information content (AvgIpc) is 2.90. The molecule has 102 valence electrons. The first-order valence-corrected chi connectivity index (χ1v) is 8.18. The van der Waals surface area contributed by atoms with Gasteiger partial charge in [-0.3, -0.25) is 0 Å². The zero-order valence-electron chi connectivity index (χ0n) is 11.3. The summed E-state index contributed by atoms with van der Waals surface area (Å²) in [5, 5.41) is 7.42. The molecule has 1 aliphatic carbocycles. The lowest BCUT2D eigenvalue weighted by Crippen LogP contribution is -2.37. The van der Waals surface area contributed by atoms with Crippen LogP contribution in [-0.2, 0) is 0 Å². The second-order valence-electron chi connectivity index (χ2n) is 5.48. The highest BCUT2D eigenvalue weighted by Crippen LogP contribution is 2.31. The highest BCUT2D eigenvalue weighted by Gasteiger charge is 2.20. The van der Waals surface area contributed by atoms with Crippen LogP contribution >= 0.6 is 11.3 Å². The van der Waals surface area contributed by atoms with Gasteiger partial charge in [0.2, 0.25) is 0 Å². The molecule has 1 fully saturated rings. The molecule has 2 nitrogen and oxygen atoms in total. The van der Waals surface area contributed by atoms with E-state index in [2.05, 4.69) is 35.0 Å². The van der Waals surface area contributed by atoms with Gasteiger partial charge in [0.05, 0.1) is 0 Å². The van der Waals surface area contributed by atoms with Gasteiger partial charge >= 0.3 is 0 Å². The lowest BCUT2D eigenvalue weighted by molar-refractivity contribution is 0.341. The average molecular weight is 274 g/mol. The quantitative estimate of drug-likeness (QED) is 0.889. The van der Waals surface area contributed by atoms with Crippen molar-refractivity contribution in [1.29, 1.82) is 0 Å². The number of hydrogen-bond donors (Lipinski definition) is 2. The molecule has 1 saturated carbocycles. The van der Waals surface area contributed by atoms with Crippen molar-refractivity contribution < 1.29 is 0 Å². The van der Waals surface area contributed by atoms with E-state index in [0.29, 0.717) is 18.6 Å². The number of benzene rings is 1. The first kappa shape index (κ1) is 13.1. The van der Waals surface area contributed by atoms with Gasteiger partial charge in [0.1, 0.15) is 0 Å². The Labute approximate surface area is 119 Å². The summed E-state index contributed by atoms with van der Waals surface area (Å²) < 4.78 is 1.36. The number of nitrogens with one attached hydrogen (secondary N) is 1. The van der Waals surface area contributed by atoms with Crippen LogP contribution in [0.3, 0.4) is 0 Å². The van der Waals surface area contributed by atoms with Crippen LogP contribution in [0.4, 0.5) is 0 Å². The zero-order chi connectivity index (χ0) is 13.1. The molecule has 0 aliphatic heterocycles. The number of thiophene rings is 1. The van der Waals surface area contributed by atoms with E-state index < -0.39 is 0 Å². The molecule has 1 aromatic carbocycles. The summed E-state index contributed by atoms with van der Waals surface area (Å²) in [7, 11) is 0. The molecule has 0 saturated heterocycles. The summed E-state index contributed by atoms with van der Waals surface area (Å²) in [6.07, 6.45) is 6.72. The minimum atomic E-state index is 0.305. The van der Waals surface area contributed by atoms with Crippen LogP contribution in [0.2, 0.25) is 0 Å². The summed E-state index contributed by atoms with van der Waals surface area (Å²) in [5.41, 5.74) is 7.40. The van der Waals surface area contributed by atoms with Crippen LogP contribution < -0.4 is 11.1 Å². The van der Waals surface area contributed by atoms with E-state index in [1.165, 1.54) is 47.8 Å². The van der Waals surface area contributed by atoms with Gasteiger partial charge in [0.15, 0.2) is 0 Å². The van der Waals surface area contributed by atoms with E-state index in [0.717, 1.165) is 0 Å². The molecule has 0 bridgehead atoms. The largest absolute Gasteiger partial charge is 0.329 e. The Kier molecular flexibility index (Phi) is 4.16. The molecule has 1 unspecified atom stereocenters. The molecule has 1 heterocycles. The van der Waals surface area contributed by atoms with Gasteiger partial charge in [-0.15, -0.1) is 11.3 Å². The third-order valence-electron chi connectivity index (χ3n) is 4.16. The lowest BCUT2D eigenvalue weighted by Gasteiger charge is -2.28. The summed E-state index contributed by atoms with van der Waals surface area (Å²) in [5.74, 6) is 0. The minimum Gasteiger partial charge on any atom is -0.329 e. The fourth-order valence-electron chi connectivity index (χ4n) is 3.11. The van der Waals surface area contributed by atoms with Crippen LogP contribution in [0.1, 0.15) is 43.7 Å². The Morgan fingerprint density at radius 2 is 2.00 bits per heavy atom. The highest BCUT2D eigenvalue weighted by molar-refractivity contribution is 7.17. The molecule has 3 heteroatoms. The van der Waals surface area contributed by atoms with Crippen LogP contribution in [0, 0.1) is 0 Å². The van der Waals surface area contributed by atoms with Crippen LogP contribution in [0.25, 0.3) is 10.1 Å². The molecule has 0 spiro atoms. The van der Waals surface area contributed by atoms with E-state index in [1.807, 2.05) is 11.3 Å².